The van der Waals surface area contributed by atoms with E-state index in [0.29, 0.717) is 5.56 Å². The van der Waals surface area contributed by atoms with E-state index in [9.17, 15) is 4.39 Å². The monoisotopic (exact) mass is 278 g/mol. The number of hydrogen-bond acceptors (Lipinski definition) is 2. The van der Waals surface area contributed by atoms with Gasteiger partial charge in [-0.1, -0.05) is 13.0 Å². The van der Waals surface area contributed by atoms with Gasteiger partial charge in [0.1, 0.15) is 5.82 Å². The average Bonchev–Trinajstić information content (AvgIpc) is 2.44. The zero-order valence-electron chi connectivity index (χ0n) is 13.2. The Kier molecular flexibility index (Phi) is 6.73. The number of aryl methyl sites for hydroxylation is 1. The fraction of sp³-hybridized carbons (Fsp3) is 0.529. The molecule has 1 rings (SSSR count). The Hall–Kier alpha value is -1.35. The number of nitrogens with one attached hydrogen (secondary N) is 1. The van der Waals surface area contributed by atoms with E-state index in [2.05, 4.69) is 37.6 Å². The summed E-state index contributed by atoms with van der Waals surface area (Å²) in [5, 5.41) is 3.44. The van der Waals surface area contributed by atoms with E-state index >= 15 is 0 Å². The molecule has 0 aliphatic heterocycles. The summed E-state index contributed by atoms with van der Waals surface area (Å²) in [6.07, 6.45) is 2.95. The summed E-state index contributed by atoms with van der Waals surface area (Å²) in [5.74, 6) is -0.136. The highest BCUT2D eigenvalue weighted by molar-refractivity contribution is 5.57. The zero-order chi connectivity index (χ0) is 15.1. The van der Waals surface area contributed by atoms with Crippen molar-refractivity contribution in [2.24, 2.45) is 0 Å². The lowest BCUT2D eigenvalue weighted by Gasteiger charge is -2.28. The Morgan fingerprint density at radius 2 is 2.10 bits per heavy atom. The largest absolute Gasteiger partial charge is 0.368 e. The molecule has 1 N–H and O–H groups in total. The fourth-order valence-corrected chi connectivity index (χ4v) is 2.33. The molecule has 0 saturated heterocycles. The Morgan fingerprint density at radius 1 is 1.40 bits per heavy atom. The maximum Gasteiger partial charge on any atom is 0.126 e. The molecule has 0 amide bonds. The van der Waals surface area contributed by atoms with Gasteiger partial charge in [-0.25, -0.2) is 4.39 Å². The lowest BCUT2D eigenvalue weighted by molar-refractivity contribution is 0.559. The smallest absolute Gasteiger partial charge is 0.126 e. The van der Waals surface area contributed by atoms with Crippen LogP contribution in [0.1, 0.15) is 44.4 Å². The van der Waals surface area contributed by atoms with Crippen LogP contribution in [0.4, 0.5) is 10.1 Å². The third kappa shape index (κ3) is 4.07. The first-order valence-electron chi connectivity index (χ1n) is 7.44. The molecular weight excluding hydrogens is 251 g/mol. The van der Waals surface area contributed by atoms with Crippen LogP contribution in [0.15, 0.2) is 24.8 Å². The van der Waals surface area contributed by atoms with Crippen LogP contribution >= 0.6 is 0 Å². The van der Waals surface area contributed by atoms with Crippen LogP contribution < -0.4 is 10.2 Å². The molecule has 0 radical (unpaired) electrons. The molecule has 1 aromatic rings. The van der Waals surface area contributed by atoms with Crippen LogP contribution in [0.3, 0.4) is 0 Å². The number of benzene rings is 1. The third-order valence-electron chi connectivity index (χ3n) is 3.55. The second kappa shape index (κ2) is 8.05. The molecule has 0 aliphatic rings. The van der Waals surface area contributed by atoms with E-state index in [1.54, 1.807) is 6.07 Å². The lowest BCUT2D eigenvalue weighted by atomic mass is 10.0. The molecular formula is C17H27FN2. The van der Waals surface area contributed by atoms with Crippen LogP contribution in [-0.2, 0) is 0 Å². The molecule has 0 fully saturated rings. The van der Waals surface area contributed by atoms with Crippen molar-refractivity contribution in [2.45, 2.75) is 40.2 Å². The van der Waals surface area contributed by atoms with Crippen LogP contribution in [-0.4, -0.2) is 19.6 Å². The molecule has 0 spiro atoms. The van der Waals surface area contributed by atoms with Crippen molar-refractivity contribution >= 4 is 5.69 Å². The average molecular weight is 278 g/mol. The number of halogens is 1. The highest BCUT2D eigenvalue weighted by atomic mass is 19.1. The second-order valence-corrected chi connectivity index (χ2v) is 5.16. The molecule has 2 nitrogen and oxygen atoms in total. The van der Waals surface area contributed by atoms with E-state index in [0.717, 1.165) is 37.3 Å². The molecule has 0 aliphatic carbocycles. The minimum absolute atomic E-state index is 0.136. The highest BCUT2D eigenvalue weighted by Gasteiger charge is 2.16. The summed E-state index contributed by atoms with van der Waals surface area (Å²) in [6.45, 7) is 14.5. The van der Waals surface area contributed by atoms with Gasteiger partial charge in [-0.05, 0) is 57.0 Å². The molecule has 0 aromatic heterocycles. The Labute approximate surface area is 122 Å². The first-order chi connectivity index (χ1) is 9.54. The van der Waals surface area contributed by atoms with Gasteiger partial charge in [-0.3, -0.25) is 0 Å². The summed E-state index contributed by atoms with van der Waals surface area (Å²) in [6, 6.07) is 3.75. The summed E-state index contributed by atoms with van der Waals surface area (Å²) >= 11 is 0. The number of hydrogen-bond donors (Lipinski definition) is 1. The van der Waals surface area contributed by atoms with E-state index < -0.39 is 0 Å². The van der Waals surface area contributed by atoms with E-state index in [1.807, 2.05) is 19.1 Å². The molecule has 112 valence electrons. The normalized spacial score (nSPS) is 12.2. The predicted molar refractivity (Wildman–Crippen MR) is 85.9 cm³/mol. The molecule has 20 heavy (non-hydrogen) atoms. The van der Waals surface area contributed by atoms with Gasteiger partial charge < -0.3 is 10.2 Å². The number of nitrogens with zero attached hydrogens (tertiary/aromatic N) is 1. The minimum Gasteiger partial charge on any atom is -0.368 e. The molecule has 0 saturated carbocycles. The van der Waals surface area contributed by atoms with Gasteiger partial charge in [0.25, 0.3) is 0 Å². The van der Waals surface area contributed by atoms with Crippen molar-refractivity contribution in [3.05, 3.63) is 41.7 Å². The van der Waals surface area contributed by atoms with Crippen LogP contribution in [0.2, 0.25) is 0 Å². The topological polar surface area (TPSA) is 15.3 Å². The third-order valence-corrected chi connectivity index (χ3v) is 3.55. The maximum absolute atomic E-state index is 13.9. The first-order valence-corrected chi connectivity index (χ1v) is 7.44. The number of likely N-dealkylation sites (N-methyl/N-ethyl adjacent to an activating group) is 1. The summed E-state index contributed by atoms with van der Waals surface area (Å²) in [4.78, 5) is 2.22. The van der Waals surface area contributed by atoms with Crippen molar-refractivity contribution in [1.82, 2.24) is 5.32 Å². The first kappa shape index (κ1) is 16.7. The molecule has 1 atom stereocenters. The van der Waals surface area contributed by atoms with Crippen molar-refractivity contribution in [2.75, 3.05) is 24.5 Å². The van der Waals surface area contributed by atoms with Gasteiger partial charge in [0.2, 0.25) is 0 Å². The summed E-state index contributed by atoms with van der Waals surface area (Å²) in [5.41, 5.74) is 2.81. The van der Waals surface area contributed by atoms with E-state index in [1.165, 1.54) is 0 Å². The summed E-state index contributed by atoms with van der Waals surface area (Å²) in [7, 11) is 0. The standard InChI is InChI=1S/C17H27FN2/c1-6-9-19-14(5)15-12-16(18)13(4)11-17(15)20(8-3)10-7-2/h7,11-12,14,19H,2,6,8-10H2,1,3-5H3. The second-order valence-electron chi connectivity index (χ2n) is 5.16. The van der Waals surface area contributed by atoms with Crippen LogP contribution in [0.5, 0.6) is 0 Å². The SMILES string of the molecule is C=CCN(CC)c1cc(C)c(F)cc1C(C)NCCC. The highest BCUT2D eigenvalue weighted by Crippen LogP contribution is 2.29. The summed E-state index contributed by atoms with van der Waals surface area (Å²) < 4.78 is 13.9. The van der Waals surface area contributed by atoms with Crippen molar-refractivity contribution in [3.63, 3.8) is 0 Å². The zero-order valence-corrected chi connectivity index (χ0v) is 13.2. The number of rotatable bonds is 8. The maximum atomic E-state index is 13.9. The van der Waals surface area contributed by atoms with E-state index in [4.69, 9.17) is 0 Å². The van der Waals surface area contributed by atoms with Gasteiger partial charge in [0.05, 0.1) is 0 Å². The Morgan fingerprint density at radius 3 is 2.65 bits per heavy atom. The lowest BCUT2D eigenvalue weighted by Crippen LogP contribution is -2.27. The minimum atomic E-state index is -0.136. The van der Waals surface area contributed by atoms with Gasteiger partial charge in [-0.2, -0.15) is 0 Å². The van der Waals surface area contributed by atoms with Gasteiger partial charge in [0.15, 0.2) is 0 Å². The van der Waals surface area contributed by atoms with Crippen molar-refractivity contribution in [1.29, 1.82) is 0 Å². The molecule has 0 heterocycles. The predicted octanol–water partition coefficient (Wildman–Crippen LogP) is 4.21. The molecule has 1 unspecified atom stereocenters. The molecule has 1 aromatic carbocycles. The van der Waals surface area contributed by atoms with Gasteiger partial charge >= 0.3 is 0 Å². The Balaban J connectivity index is 3.18. The number of anilines is 1. The Bertz CT molecular complexity index is 443. The van der Waals surface area contributed by atoms with Crippen molar-refractivity contribution in [3.8, 4) is 0 Å². The van der Waals surface area contributed by atoms with Crippen LogP contribution in [0, 0.1) is 12.7 Å². The molecule has 0 bridgehead atoms. The molecule has 3 heteroatoms. The van der Waals surface area contributed by atoms with Crippen molar-refractivity contribution < 1.29 is 4.39 Å². The van der Waals surface area contributed by atoms with Gasteiger partial charge in [-0.15, -0.1) is 6.58 Å². The quantitative estimate of drug-likeness (QED) is 0.717. The fourth-order valence-electron chi connectivity index (χ4n) is 2.33. The van der Waals surface area contributed by atoms with Crippen LogP contribution in [0.25, 0.3) is 0 Å². The van der Waals surface area contributed by atoms with Gasteiger partial charge in [0, 0.05) is 24.8 Å². The van der Waals surface area contributed by atoms with E-state index in [-0.39, 0.29) is 11.9 Å².